The van der Waals surface area contributed by atoms with E-state index in [2.05, 4.69) is 0 Å². The Morgan fingerprint density at radius 3 is 1.28 bits per heavy atom. The molecule has 0 atom stereocenters. The van der Waals surface area contributed by atoms with Gasteiger partial charge in [-0.15, -0.1) is 0 Å². The van der Waals surface area contributed by atoms with Crippen molar-refractivity contribution in [2.75, 3.05) is 0 Å². The van der Waals surface area contributed by atoms with Gasteiger partial charge in [-0.05, 0) is 45.8 Å². The lowest BCUT2D eigenvalue weighted by molar-refractivity contribution is 0.0682. The number of benzene rings is 5. The van der Waals surface area contributed by atoms with Crippen LogP contribution in [-0.2, 0) is 6.42 Å². The summed E-state index contributed by atoms with van der Waals surface area (Å²) in [5.74, 6) is -4.67. The molecule has 9 nitrogen and oxygen atoms in total. The number of para-hydroxylation sites is 1. The molecule has 0 aliphatic rings. The first-order chi connectivity index (χ1) is 18.6. The van der Waals surface area contributed by atoms with Crippen LogP contribution in [0.5, 0.6) is 17.2 Å². The van der Waals surface area contributed by atoms with Gasteiger partial charge in [0.05, 0.1) is 0 Å². The van der Waals surface area contributed by atoms with Crippen LogP contribution >= 0.6 is 0 Å². The summed E-state index contributed by atoms with van der Waals surface area (Å²) in [7, 11) is 0. The standard InChI is InChI=1S/C23H16O6.C7H6O3/c24-20-16(14-7-3-1-5-12(14)9-18(20)22(26)27)11-17-15-8-4-2-6-13(15)10-19(21(17)25)23(28)29;8-6-4-2-1-3-5(6)7(9)10/h1-10,24-25H,11H2,(H,26,27)(H,28,29);1-4,8H,(H,9,10). The monoisotopic (exact) mass is 526 g/mol. The molecule has 5 rings (SSSR count). The third kappa shape index (κ3) is 5.28. The zero-order valence-corrected chi connectivity index (χ0v) is 20.2. The van der Waals surface area contributed by atoms with Crippen LogP contribution in [0.4, 0.5) is 0 Å². The normalized spacial score (nSPS) is 10.6. The van der Waals surface area contributed by atoms with Crippen molar-refractivity contribution in [1.29, 1.82) is 0 Å². The molecule has 0 aromatic heterocycles. The first-order valence-corrected chi connectivity index (χ1v) is 11.5. The van der Waals surface area contributed by atoms with Crippen LogP contribution in [0.2, 0.25) is 0 Å². The highest BCUT2D eigenvalue weighted by Crippen LogP contribution is 2.38. The number of fused-ring (bicyclic) bond motifs is 2. The summed E-state index contributed by atoms with van der Waals surface area (Å²) in [6.07, 6.45) is -0.0407. The van der Waals surface area contributed by atoms with Crippen molar-refractivity contribution in [2.24, 2.45) is 0 Å². The van der Waals surface area contributed by atoms with Crippen LogP contribution in [0.15, 0.2) is 84.9 Å². The Balaban J connectivity index is 0.000000298. The summed E-state index contributed by atoms with van der Waals surface area (Å²) >= 11 is 0. The zero-order valence-electron chi connectivity index (χ0n) is 20.2. The van der Waals surface area contributed by atoms with Crippen LogP contribution < -0.4 is 0 Å². The quantitative estimate of drug-likeness (QED) is 0.173. The molecular weight excluding hydrogens is 504 g/mol. The Labute approximate surface area is 221 Å². The number of carboxylic acid groups (broad SMARTS) is 3. The number of carboxylic acids is 3. The molecule has 0 radical (unpaired) electrons. The molecule has 196 valence electrons. The number of rotatable bonds is 5. The fourth-order valence-corrected chi connectivity index (χ4v) is 4.34. The van der Waals surface area contributed by atoms with Crippen molar-refractivity contribution in [3.05, 3.63) is 113 Å². The lowest BCUT2D eigenvalue weighted by Crippen LogP contribution is -2.04. The van der Waals surface area contributed by atoms with E-state index in [9.17, 15) is 34.8 Å². The largest absolute Gasteiger partial charge is 0.507 e. The minimum absolute atomic E-state index is 0.0407. The van der Waals surface area contributed by atoms with Gasteiger partial charge in [-0.25, -0.2) is 14.4 Å². The predicted molar refractivity (Wildman–Crippen MR) is 143 cm³/mol. The number of phenols is 3. The van der Waals surface area contributed by atoms with E-state index < -0.39 is 29.4 Å². The van der Waals surface area contributed by atoms with E-state index in [1.165, 1.54) is 24.3 Å². The summed E-state index contributed by atoms with van der Waals surface area (Å²) in [6.45, 7) is 0. The van der Waals surface area contributed by atoms with E-state index in [0.29, 0.717) is 32.7 Å². The summed E-state index contributed by atoms with van der Waals surface area (Å²) < 4.78 is 0. The van der Waals surface area contributed by atoms with Gasteiger partial charge in [-0.3, -0.25) is 0 Å². The molecule has 0 aliphatic heterocycles. The topological polar surface area (TPSA) is 173 Å². The lowest BCUT2D eigenvalue weighted by atomic mass is 9.90. The van der Waals surface area contributed by atoms with Gasteiger partial charge in [0.25, 0.3) is 0 Å². The molecule has 0 amide bonds. The number of hydrogen-bond donors (Lipinski definition) is 6. The van der Waals surface area contributed by atoms with Crippen LogP contribution in [0.3, 0.4) is 0 Å². The highest BCUT2D eigenvalue weighted by molar-refractivity contribution is 6.02. The maximum absolute atomic E-state index is 11.6. The second-order valence-electron chi connectivity index (χ2n) is 8.55. The Bertz CT molecular complexity index is 1650. The first-order valence-electron chi connectivity index (χ1n) is 11.5. The smallest absolute Gasteiger partial charge is 0.339 e. The van der Waals surface area contributed by atoms with Crippen LogP contribution in [0.25, 0.3) is 21.5 Å². The Kier molecular flexibility index (Phi) is 7.35. The third-order valence-electron chi connectivity index (χ3n) is 6.20. The minimum Gasteiger partial charge on any atom is -0.507 e. The molecule has 0 spiro atoms. The van der Waals surface area contributed by atoms with Crippen molar-refractivity contribution in [3.63, 3.8) is 0 Å². The van der Waals surface area contributed by atoms with E-state index in [1.54, 1.807) is 60.7 Å². The highest BCUT2D eigenvalue weighted by Gasteiger charge is 2.22. The molecule has 6 N–H and O–H groups in total. The summed E-state index contributed by atoms with van der Waals surface area (Å²) in [5, 5.41) is 60.1. The van der Waals surface area contributed by atoms with Gasteiger partial charge in [0.15, 0.2) is 0 Å². The molecule has 0 bridgehead atoms. The fourth-order valence-electron chi connectivity index (χ4n) is 4.34. The van der Waals surface area contributed by atoms with E-state index >= 15 is 0 Å². The predicted octanol–water partition coefficient (Wildman–Crippen LogP) is 5.48. The van der Waals surface area contributed by atoms with Gasteiger partial charge < -0.3 is 30.6 Å². The van der Waals surface area contributed by atoms with Gasteiger partial charge in [0.2, 0.25) is 0 Å². The Hall–Kier alpha value is -5.57. The molecule has 0 aliphatic carbocycles. The SMILES string of the molecule is O=C(O)c1cc2ccccc2c(Cc2c(O)c(C(=O)O)cc3ccccc23)c1O.O=C(O)c1ccccc1O. The van der Waals surface area contributed by atoms with Crippen LogP contribution in [0, 0.1) is 0 Å². The Morgan fingerprint density at radius 1 is 0.513 bits per heavy atom. The van der Waals surface area contributed by atoms with Crippen molar-refractivity contribution < 1.29 is 45.0 Å². The number of aromatic carboxylic acids is 3. The average molecular weight is 526 g/mol. The van der Waals surface area contributed by atoms with Gasteiger partial charge in [0, 0.05) is 17.5 Å². The minimum atomic E-state index is -1.28. The lowest BCUT2D eigenvalue weighted by Gasteiger charge is -2.16. The number of carbonyl (C=O) groups is 3. The molecule has 39 heavy (non-hydrogen) atoms. The Morgan fingerprint density at radius 2 is 0.897 bits per heavy atom. The molecule has 9 heteroatoms. The van der Waals surface area contributed by atoms with Gasteiger partial charge in [0.1, 0.15) is 33.9 Å². The van der Waals surface area contributed by atoms with Crippen LogP contribution in [0.1, 0.15) is 42.2 Å². The molecule has 5 aromatic carbocycles. The summed E-state index contributed by atoms with van der Waals surface area (Å²) in [5.41, 5.74) is 0.0447. The van der Waals surface area contributed by atoms with Crippen molar-refractivity contribution in [1.82, 2.24) is 0 Å². The number of aromatic hydroxyl groups is 3. The van der Waals surface area contributed by atoms with E-state index in [1.807, 2.05) is 0 Å². The van der Waals surface area contributed by atoms with Gasteiger partial charge in [-0.1, -0.05) is 60.7 Å². The van der Waals surface area contributed by atoms with Crippen molar-refractivity contribution in [2.45, 2.75) is 6.42 Å². The molecule has 0 fully saturated rings. The summed E-state index contributed by atoms with van der Waals surface area (Å²) in [4.78, 5) is 33.5. The molecule has 0 saturated carbocycles. The zero-order chi connectivity index (χ0) is 28.3. The molecule has 0 saturated heterocycles. The van der Waals surface area contributed by atoms with Gasteiger partial charge in [-0.2, -0.15) is 0 Å². The van der Waals surface area contributed by atoms with E-state index in [4.69, 9.17) is 10.2 Å². The third-order valence-corrected chi connectivity index (χ3v) is 6.20. The van der Waals surface area contributed by atoms with Crippen LogP contribution in [-0.4, -0.2) is 48.5 Å². The number of hydrogen-bond acceptors (Lipinski definition) is 6. The summed E-state index contributed by atoms with van der Waals surface area (Å²) in [6, 6.07) is 22.6. The molecule has 5 aromatic rings. The van der Waals surface area contributed by atoms with Crippen molar-refractivity contribution >= 4 is 39.5 Å². The maximum atomic E-state index is 11.6. The second kappa shape index (κ2) is 10.8. The fraction of sp³-hybridized carbons (Fsp3) is 0.0333. The maximum Gasteiger partial charge on any atom is 0.339 e. The highest BCUT2D eigenvalue weighted by atomic mass is 16.4. The average Bonchev–Trinajstić information content (AvgIpc) is 2.91. The second-order valence-corrected chi connectivity index (χ2v) is 8.55. The molecule has 0 unspecified atom stereocenters. The van der Waals surface area contributed by atoms with Crippen molar-refractivity contribution in [3.8, 4) is 17.2 Å². The van der Waals surface area contributed by atoms with Gasteiger partial charge >= 0.3 is 17.9 Å². The first kappa shape index (κ1) is 26.5. The van der Waals surface area contributed by atoms with E-state index in [0.717, 1.165) is 0 Å². The molecular formula is C30H22O9. The van der Waals surface area contributed by atoms with E-state index in [-0.39, 0.29) is 28.9 Å². The molecule has 0 heterocycles.